The minimum atomic E-state index is -4.24. The van der Waals surface area contributed by atoms with Crippen LogP contribution in [0.3, 0.4) is 0 Å². The third kappa shape index (κ3) is 8.68. The highest BCUT2D eigenvalue weighted by Gasteiger charge is 2.36. The Morgan fingerprint density at radius 2 is 1.49 bits per heavy atom. The third-order valence-electron chi connectivity index (χ3n) is 8.37. The van der Waals surface area contributed by atoms with Gasteiger partial charge in [0.05, 0.1) is 20.6 Å². The molecule has 0 aliphatic heterocycles. The van der Waals surface area contributed by atoms with Gasteiger partial charge >= 0.3 is 0 Å². The van der Waals surface area contributed by atoms with Gasteiger partial charge in [-0.05, 0) is 78.9 Å². The van der Waals surface area contributed by atoms with Crippen LogP contribution < -0.4 is 9.62 Å². The molecule has 0 saturated heterocycles. The summed E-state index contributed by atoms with van der Waals surface area (Å²) in [6.45, 7) is 1.22. The van der Waals surface area contributed by atoms with Crippen molar-refractivity contribution in [1.29, 1.82) is 0 Å². The smallest absolute Gasteiger partial charge is 0.264 e. The molecule has 0 unspecified atom stereocenters. The van der Waals surface area contributed by atoms with E-state index in [1.807, 2.05) is 30.3 Å². The molecule has 0 heterocycles. The van der Waals surface area contributed by atoms with Crippen LogP contribution in [0.25, 0.3) is 0 Å². The van der Waals surface area contributed by atoms with E-state index < -0.39 is 28.5 Å². The van der Waals surface area contributed by atoms with Gasteiger partial charge in [-0.3, -0.25) is 13.9 Å². The van der Waals surface area contributed by atoms with E-state index in [4.69, 9.17) is 34.8 Å². The first-order valence-electron chi connectivity index (χ1n) is 15.4. The molecule has 246 valence electrons. The molecule has 5 rings (SSSR count). The number of benzene rings is 4. The molecule has 2 amide bonds. The first-order chi connectivity index (χ1) is 22.5. The van der Waals surface area contributed by atoms with Crippen LogP contribution in [0, 0.1) is 6.92 Å². The fourth-order valence-electron chi connectivity index (χ4n) is 5.85. The molecular formula is C36H36Cl3N3O4S. The summed E-state index contributed by atoms with van der Waals surface area (Å²) >= 11 is 18.7. The number of rotatable bonds is 12. The van der Waals surface area contributed by atoms with Crippen molar-refractivity contribution in [2.45, 2.75) is 62.6 Å². The fraction of sp³-hybridized carbons (Fsp3) is 0.278. The Labute approximate surface area is 291 Å². The number of halogens is 3. The van der Waals surface area contributed by atoms with Gasteiger partial charge in [-0.1, -0.05) is 102 Å². The molecule has 11 heteroatoms. The molecule has 1 aliphatic rings. The summed E-state index contributed by atoms with van der Waals surface area (Å²) in [5.41, 5.74) is 2.51. The molecule has 0 aromatic heterocycles. The maximum atomic E-state index is 14.7. The van der Waals surface area contributed by atoms with Gasteiger partial charge in [-0.15, -0.1) is 0 Å². The van der Waals surface area contributed by atoms with Crippen LogP contribution in [0.5, 0.6) is 0 Å². The van der Waals surface area contributed by atoms with Gasteiger partial charge in [0.25, 0.3) is 10.0 Å². The number of carbonyl (C=O) groups is 2. The van der Waals surface area contributed by atoms with Crippen LogP contribution in [0.15, 0.2) is 102 Å². The molecule has 0 bridgehead atoms. The topological polar surface area (TPSA) is 86.8 Å². The lowest BCUT2D eigenvalue weighted by Crippen LogP contribution is -2.54. The number of aryl methyl sites for hydroxylation is 1. The van der Waals surface area contributed by atoms with E-state index in [-0.39, 0.29) is 29.8 Å². The molecule has 7 nitrogen and oxygen atoms in total. The number of nitrogens with one attached hydrogen (secondary N) is 1. The number of hydrogen-bond donors (Lipinski definition) is 1. The highest BCUT2D eigenvalue weighted by molar-refractivity contribution is 7.92. The Morgan fingerprint density at radius 3 is 2.15 bits per heavy atom. The predicted octanol–water partition coefficient (Wildman–Crippen LogP) is 7.85. The number of amides is 2. The molecule has 1 saturated carbocycles. The number of nitrogens with zero attached hydrogens (tertiary/aromatic N) is 2. The molecule has 4 aromatic rings. The minimum absolute atomic E-state index is 0.00604. The summed E-state index contributed by atoms with van der Waals surface area (Å²) in [6, 6.07) is 26.3. The van der Waals surface area contributed by atoms with Gasteiger partial charge in [0.1, 0.15) is 12.6 Å². The summed E-state index contributed by atoms with van der Waals surface area (Å²) in [6.07, 6.45) is 4.00. The monoisotopic (exact) mass is 711 g/mol. The minimum Gasteiger partial charge on any atom is -0.352 e. The molecule has 0 radical (unpaired) electrons. The molecule has 1 fully saturated rings. The van der Waals surface area contributed by atoms with Crippen LogP contribution in [-0.2, 0) is 32.6 Å². The maximum Gasteiger partial charge on any atom is 0.264 e. The Balaban J connectivity index is 1.58. The Hall–Kier alpha value is -3.56. The average molecular weight is 713 g/mol. The lowest BCUT2D eigenvalue weighted by atomic mass is 10.0. The largest absolute Gasteiger partial charge is 0.352 e. The average Bonchev–Trinajstić information content (AvgIpc) is 3.57. The zero-order valence-electron chi connectivity index (χ0n) is 25.9. The summed E-state index contributed by atoms with van der Waals surface area (Å²) in [5, 5.41) is 4.21. The van der Waals surface area contributed by atoms with Gasteiger partial charge in [0.15, 0.2) is 0 Å². The van der Waals surface area contributed by atoms with E-state index in [0.29, 0.717) is 31.9 Å². The fourth-order valence-corrected chi connectivity index (χ4v) is 7.77. The summed E-state index contributed by atoms with van der Waals surface area (Å²) < 4.78 is 29.5. The highest BCUT2D eigenvalue weighted by Crippen LogP contribution is 2.29. The van der Waals surface area contributed by atoms with Gasteiger partial charge < -0.3 is 10.2 Å². The normalized spacial score (nSPS) is 14.0. The lowest BCUT2D eigenvalue weighted by molar-refractivity contribution is -0.140. The van der Waals surface area contributed by atoms with Crippen molar-refractivity contribution < 1.29 is 18.0 Å². The molecule has 1 atom stereocenters. The van der Waals surface area contributed by atoms with E-state index in [2.05, 4.69) is 5.32 Å². The summed E-state index contributed by atoms with van der Waals surface area (Å²) in [4.78, 5) is 30.2. The van der Waals surface area contributed by atoms with E-state index >= 15 is 0 Å². The lowest BCUT2D eigenvalue weighted by Gasteiger charge is -2.34. The Morgan fingerprint density at radius 1 is 0.830 bits per heavy atom. The van der Waals surface area contributed by atoms with Crippen LogP contribution >= 0.6 is 34.8 Å². The van der Waals surface area contributed by atoms with Crippen molar-refractivity contribution in [3.8, 4) is 0 Å². The van der Waals surface area contributed by atoms with Crippen LogP contribution in [-0.4, -0.2) is 43.8 Å². The van der Waals surface area contributed by atoms with Crippen molar-refractivity contribution in [3.05, 3.63) is 129 Å². The van der Waals surface area contributed by atoms with Crippen molar-refractivity contribution >= 4 is 62.3 Å². The second kappa shape index (κ2) is 15.6. The Bertz CT molecular complexity index is 1820. The summed E-state index contributed by atoms with van der Waals surface area (Å²) in [5.74, 6) is -0.850. The Kier molecular flexibility index (Phi) is 11.5. The molecule has 1 N–H and O–H groups in total. The highest BCUT2D eigenvalue weighted by atomic mass is 35.5. The maximum absolute atomic E-state index is 14.7. The van der Waals surface area contributed by atoms with Crippen molar-refractivity contribution in [2.75, 3.05) is 10.8 Å². The zero-order valence-corrected chi connectivity index (χ0v) is 29.0. The number of sulfonamides is 1. The van der Waals surface area contributed by atoms with Crippen LogP contribution in [0.4, 0.5) is 5.69 Å². The number of hydrogen-bond acceptors (Lipinski definition) is 4. The summed E-state index contributed by atoms with van der Waals surface area (Å²) in [7, 11) is -4.24. The van der Waals surface area contributed by atoms with Gasteiger partial charge in [-0.2, -0.15) is 0 Å². The van der Waals surface area contributed by atoms with E-state index in [1.165, 1.54) is 29.2 Å². The van der Waals surface area contributed by atoms with Gasteiger partial charge in [-0.25, -0.2) is 8.42 Å². The quantitative estimate of drug-likeness (QED) is 0.162. The second-order valence-electron chi connectivity index (χ2n) is 11.7. The number of para-hydroxylation sites is 1. The number of carbonyl (C=O) groups excluding carboxylic acids is 2. The van der Waals surface area contributed by atoms with Gasteiger partial charge in [0, 0.05) is 24.0 Å². The van der Waals surface area contributed by atoms with Crippen molar-refractivity contribution in [3.63, 3.8) is 0 Å². The molecule has 1 aliphatic carbocycles. The number of anilines is 1. The molecule has 4 aromatic carbocycles. The standard InChI is InChI=1S/C36H36Cl3N3O4S/c1-25-9-5-8-14-33(25)42(47(45,46)30-18-16-28(37)17-19-30)24-35(43)41(23-27-15-20-31(38)32(39)21-27)34(22-26-10-3-2-4-11-26)36(44)40-29-12-6-7-13-29/h2-5,8-11,14-21,29,34H,6-7,12-13,22-24H2,1H3,(H,40,44)/t34-/m0/s1. The van der Waals surface area contributed by atoms with Crippen LogP contribution in [0.1, 0.15) is 42.4 Å². The van der Waals surface area contributed by atoms with E-state index in [9.17, 15) is 18.0 Å². The first kappa shape index (κ1) is 34.8. The van der Waals surface area contributed by atoms with E-state index in [0.717, 1.165) is 35.6 Å². The van der Waals surface area contributed by atoms with Crippen molar-refractivity contribution in [2.24, 2.45) is 0 Å². The second-order valence-corrected chi connectivity index (χ2v) is 14.8. The zero-order chi connectivity index (χ0) is 33.6. The molecule has 0 spiro atoms. The van der Waals surface area contributed by atoms with Crippen LogP contribution in [0.2, 0.25) is 15.1 Å². The first-order valence-corrected chi connectivity index (χ1v) is 18.0. The predicted molar refractivity (Wildman–Crippen MR) is 189 cm³/mol. The van der Waals surface area contributed by atoms with E-state index in [1.54, 1.807) is 49.4 Å². The molecule has 47 heavy (non-hydrogen) atoms. The molecular weight excluding hydrogens is 677 g/mol. The van der Waals surface area contributed by atoms with Gasteiger partial charge in [0.2, 0.25) is 11.8 Å². The SMILES string of the molecule is Cc1ccccc1N(CC(=O)N(Cc1ccc(Cl)c(Cl)c1)[C@@H](Cc1ccccc1)C(=O)NC1CCCC1)S(=O)(=O)c1ccc(Cl)cc1. The third-order valence-corrected chi connectivity index (χ3v) is 11.1. The van der Waals surface area contributed by atoms with Crippen molar-refractivity contribution in [1.82, 2.24) is 10.2 Å².